The monoisotopic (exact) mass is 264 g/mol. The van der Waals surface area contributed by atoms with Crippen LogP contribution >= 0.6 is 0 Å². The first-order chi connectivity index (χ1) is 9.06. The van der Waals surface area contributed by atoms with E-state index in [1.807, 2.05) is 0 Å². The molecule has 0 aromatic carbocycles. The first-order valence-electron chi connectivity index (χ1n) is 5.41. The third kappa shape index (κ3) is 3.15. The van der Waals surface area contributed by atoms with Gasteiger partial charge in [0.25, 0.3) is 0 Å². The van der Waals surface area contributed by atoms with E-state index < -0.39 is 5.97 Å². The van der Waals surface area contributed by atoms with Gasteiger partial charge in [0.15, 0.2) is 5.69 Å². The van der Waals surface area contributed by atoms with Gasteiger partial charge in [0.1, 0.15) is 6.54 Å². The third-order valence-corrected chi connectivity index (χ3v) is 2.46. The Bertz CT molecular complexity index is 576. The summed E-state index contributed by atoms with van der Waals surface area (Å²) in [6.07, 6.45) is 4.54. The summed E-state index contributed by atoms with van der Waals surface area (Å²) < 4.78 is 1.19. The van der Waals surface area contributed by atoms with Crippen LogP contribution in [0.15, 0.2) is 18.6 Å². The molecule has 1 amide bonds. The average Bonchev–Trinajstić information content (AvgIpc) is 2.99. The zero-order valence-corrected chi connectivity index (χ0v) is 10.1. The molecule has 2 aromatic heterocycles. The Hall–Kier alpha value is -2.71. The molecule has 0 radical (unpaired) electrons. The number of amides is 1. The fraction of sp³-hybridized carbons (Fsp3) is 0.300. The summed E-state index contributed by atoms with van der Waals surface area (Å²) in [7, 11) is 1.64. The number of aromatic nitrogens is 5. The summed E-state index contributed by atoms with van der Waals surface area (Å²) in [5, 5.41) is 22.1. The van der Waals surface area contributed by atoms with Gasteiger partial charge in [-0.3, -0.25) is 9.89 Å². The van der Waals surface area contributed by atoms with Gasteiger partial charge in [-0.15, -0.1) is 5.10 Å². The smallest absolute Gasteiger partial charge is 0.358 e. The van der Waals surface area contributed by atoms with Crippen molar-refractivity contribution in [3.05, 3.63) is 29.8 Å². The summed E-state index contributed by atoms with van der Waals surface area (Å²) >= 11 is 0. The molecule has 2 heterocycles. The molecule has 0 fully saturated rings. The molecule has 0 saturated carbocycles. The zero-order chi connectivity index (χ0) is 13.8. The Labute approximate surface area is 107 Å². The van der Waals surface area contributed by atoms with E-state index in [1.165, 1.54) is 15.8 Å². The number of likely N-dealkylation sites (N-methyl/N-ethyl adjacent to an activating group) is 1. The van der Waals surface area contributed by atoms with Gasteiger partial charge in [-0.1, -0.05) is 5.21 Å². The molecular weight excluding hydrogens is 252 g/mol. The molecule has 9 nitrogen and oxygen atoms in total. The van der Waals surface area contributed by atoms with Crippen LogP contribution in [0.5, 0.6) is 0 Å². The van der Waals surface area contributed by atoms with Crippen molar-refractivity contribution in [3.8, 4) is 0 Å². The Morgan fingerprint density at radius 3 is 2.89 bits per heavy atom. The Balaban J connectivity index is 1.94. The number of nitrogens with one attached hydrogen (secondary N) is 1. The number of carbonyl (C=O) groups excluding carboxylic acids is 1. The minimum absolute atomic E-state index is 0.0609. The summed E-state index contributed by atoms with van der Waals surface area (Å²) in [5.41, 5.74) is 0.686. The van der Waals surface area contributed by atoms with Crippen molar-refractivity contribution in [2.24, 2.45) is 0 Å². The first kappa shape index (κ1) is 12.7. The zero-order valence-electron chi connectivity index (χ0n) is 10.1. The van der Waals surface area contributed by atoms with Crippen molar-refractivity contribution >= 4 is 11.9 Å². The van der Waals surface area contributed by atoms with Gasteiger partial charge >= 0.3 is 5.97 Å². The molecule has 0 spiro atoms. The van der Waals surface area contributed by atoms with Crippen LogP contribution < -0.4 is 0 Å². The Morgan fingerprint density at radius 1 is 1.53 bits per heavy atom. The van der Waals surface area contributed by atoms with Gasteiger partial charge in [0.2, 0.25) is 5.91 Å². The van der Waals surface area contributed by atoms with Crippen LogP contribution in [0.2, 0.25) is 0 Å². The fourth-order valence-electron chi connectivity index (χ4n) is 1.46. The van der Waals surface area contributed by atoms with Crippen LogP contribution in [-0.4, -0.2) is 54.1 Å². The lowest BCUT2D eigenvalue weighted by molar-refractivity contribution is -0.131. The highest BCUT2D eigenvalue weighted by molar-refractivity contribution is 5.84. The van der Waals surface area contributed by atoms with Crippen LogP contribution in [0.1, 0.15) is 16.1 Å². The molecule has 2 rings (SSSR count). The lowest BCUT2D eigenvalue weighted by Crippen LogP contribution is -2.29. The number of H-pyrrole nitrogens is 1. The molecule has 0 unspecified atom stereocenters. The minimum atomic E-state index is -1.18. The largest absolute Gasteiger partial charge is 0.476 e. The summed E-state index contributed by atoms with van der Waals surface area (Å²) in [6.45, 7) is 0.352. The van der Waals surface area contributed by atoms with Crippen molar-refractivity contribution in [1.29, 1.82) is 0 Å². The van der Waals surface area contributed by atoms with Crippen molar-refractivity contribution in [1.82, 2.24) is 30.1 Å². The van der Waals surface area contributed by atoms with E-state index in [4.69, 9.17) is 5.11 Å². The Kier molecular flexibility index (Phi) is 3.55. The number of rotatable bonds is 5. The normalized spacial score (nSPS) is 10.4. The van der Waals surface area contributed by atoms with Gasteiger partial charge in [-0.05, 0) is 0 Å². The number of hydrogen-bond donors (Lipinski definition) is 2. The molecular formula is C10H12N6O3. The number of carbonyl (C=O) groups is 2. The van der Waals surface area contributed by atoms with Gasteiger partial charge in [-0.25, -0.2) is 9.48 Å². The maximum absolute atomic E-state index is 11.9. The first-order valence-corrected chi connectivity index (χ1v) is 5.41. The molecule has 0 aliphatic carbocycles. The van der Waals surface area contributed by atoms with Gasteiger partial charge in [0.05, 0.1) is 12.4 Å². The number of aromatic amines is 1. The van der Waals surface area contributed by atoms with Crippen LogP contribution in [0, 0.1) is 0 Å². The number of carboxylic acids is 1. The predicted molar refractivity (Wildman–Crippen MR) is 62.0 cm³/mol. The Morgan fingerprint density at radius 2 is 2.32 bits per heavy atom. The van der Waals surface area contributed by atoms with Gasteiger partial charge in [-0.2, -0.15) is 5.10 Å². The van der Waals surface area contributed by atoms with Crippen molar-refractivity contribution in [2.45, 2.75) is 13.1 Å². The number of hydrogen-bond acceptors (Lipinski definition) is 5. The van der Waals surface area contributed by atoms with Crippen LogP contribution in [0.25, 0.3) is 0 Å². The van der Waals surface area contributed by atoms with E-state index in [0.717, 1.165) is 5.56 Å². The molecule has 19 heavy (non-hydrogen) atoms. The molecule has 9 heteroatoms. The maximum atomic E-state index is 11.9. The second-order valence-corrected chi connectivity index (χ2v) is 3.96. The quantitative estimate of drug-likeness (QED) is 0.741. The number of aromatic carboxylic acids is 1. The minimum Gasteiger partial charge on any atom is -0.476 e. The van der Waals surface area contributed by atoms with E-state index in [9.17, 15) is 9.59 Å². The second-order valence-electron chi connectivity index (χ2n) is 3.96. The summed E-state index contributed by atoms with van der Waals surface area (Å²) in [5.74, 6) is -1.38. The lowest BCUT2D eigenvalue weighted by Gasteiger charge is -2.15. The highest BCUT2D eigenvalue weighted by Gasteiger charge is 2.14. The van der Waals surface area contributed by atoms with Crippen LogP contribution in [0.4, 0.5) is 0 Å². The van der Waals surface area contributed by atoms with Crippen LogP contribution in [-0.2, 0) is 17.9 Å². The van der Waals surface area contributed by atoms with E-state index in [1.54, 1.807) is 19.4 Å². The number of carboxylic acid groups (broad SMARTS) is 1. The molecule has 2 N–H and O–H groups in total. The topological polar surface area (TPSA) is 117 Å². The molecule has 0 bridgehead atoms. The van der Waals surface area contributed by atoms with E-state index in [-0.39, 0.29) is 18.1 Å². The molecule has 2 aromatic rings. The van der Waals surface area contributed by atoms with Crippen LogP contribution in [0.3, 0.4) is 0 Å². The molecule has 100 valence electrons. The number of nitrogens with zero attached hydrogens (tertiary/aromatic N) is 5. The fourth-order valence-corrected chi connectivity index (χ4v) is 1.46. The lowest BCUT2D eigenvalue weighted by atomic mass is 10.3. The van der Waals surface area contributed by atoms with Crippen molar-refractivity contribution in [2.75, 3.05) is 7.05 Å². The highest BCUT2D eigenvalue weighted by atomic mass is 16.4. The molecule has 0 atom stereocenters. The predicted octanol–water partition coefficient (Wildman–Crippen LogP) is -0.642. The summed E-state index contributed by atoms with van der Waals surface area (Å²) in [6, 6.07) is 0. The van der Waals surface area contributed by atoms with Crippen molar-refractivity contribution < 1.29 is 14.7 Å². The summed E-state index contributed by atoms with van der Waals surface area (Å²) in [4.78, 5) is 24.0. The van der Waals surface area contributed by atoms with Gasteiger partial charge in [0, 0.05) is 25.4 Å². The standard InChI is InChI=1S/C10H12N6O3/c1-15(4-7-2-11-12-3-7)9(17)6-16-5-8(10(18)19)13-14-16/h2-3,5H,4,6H2,1H3,(H,11,12)(H,18,19). The molecule has 0 aliphatic rings. The van der Waals surface area contributed by atoms with E-state index >= 15 is 0 Å². The SMILES string of the molecule is CN(Cc1cn[nH]c1)C(=O)Cn1cc(C(=O)O)nn1. The highest BCUT2D eigenvalue weighted by Crippen LogP contribution is 2.01. The average molecular weight is 264 g/mol. The van der Waals surface area contributed by atoms with Crippen molar-refractivity contribution in [3.63, 3.8) is 0 Å². The molecule has 0 aliphatic heterocycles. The van der Waals surface area contributed by atoms with Gasteiger partial charge < -0.3 is 10.0 Å². The van der Waals surface area contributed by atoms with E-state index in [2.05, 4.69) is 20.5 Å². The third-order valence-electron chi connectivity index (χ3n) is 2.46. The van der Waals surface area contributed by atoms with E-state index in [0.29, 0.717) is 6.54 Å². The molecule has 0 saturated heterocycles. The second kappa shape index (κ2) is 5.29. The maximum Gasteiger partial charge on any atom is 0.358 e.